The highest BCUT2D eigenvalue weighted by atomic mass is 32.1. The lowest BCUT2D eigenvalue weighted by molar-refractivity contribution is -0.140. The maximum atomic E-state index is 12.7. The number of aryl methyl sites for hydroxylation is 1. The highest BCUT2D eigenvalue weighted by molar-refractivity contribution is 7.16. The number of nitrogens with zero attached hydrogens (tertiary/aromatic N) is 2. The number of fused-ring (bicyclic) bond motifs is 1. The summed E-state index contributed by atoms with van der Waals surface area (Å²) in [6, 6.07) is 11.9. The number of hydrogen-bond donors (Lipinski definition) is 0. The van der Waals surface area contributed by atoms with Gasteiger partial charge in [-0.25, -0.2) is 0 Å². The van der Waals surface area contributed by atoms with E-state index in [0.717, 1.165) is 10.2 Å². The molecule has 0 bridgehead atoms. The summed E-state index contributed by atoms with van der Waals surface area (Å²) in [5, 5.41) is 0. The van der Waals surface area contributed by atoms with E-state index in [4.69, 9.17) is 9.47 Å². The smallest absolute Gasteiger partial charge is 0.307 e. The monoisotopic (exact) mass is 412 g/mol. The summed E-state index contributed by atoms with van der Waals surface area (Å²) in [6.07, 6.45) is 0.156. The number of aromatic nitrogens is 1. The summed E-state index contributed by atoms with van der Waals surface area (Å²) in [5.41, 5.74) is 1.76. The summed E-state index contributed by atoms with van der Waals surface area (Å²) in [6.45, 7) is 1.80. The third kappa shape index (κ3) is 4.60. The van der Waals surface area contributed by atoms with Gasteiger partial charge in [0.15, 0.2) is 10.6 Å². The van der Waals surface area contributed by atoms with Crippen molar-refractivity contribution in [3.05, 3.63) is 58.4 Å². The van der Waals surface area contributed by atoms with Crippen molar-refractivity contribution in [1.29, 1.82) is 0 Å². The molecular weight excluding hydrogens is 392 g/mol. The molecule has 0 atom stereocenters. The van der Waals surface area contributed by atoms with Gasteiger partial charge in [0, 0.05) is 17.7 Å². The largest absolute Gasteiger partial charge is 0.497 e. The Bertz CT molecular complexity index is 1140. The SMILES string of the molecule is COC(=O)CCn1c(=NC(=O)c2ccc(C(C)=O)cc2)sc2cc(OC)ccc21. The number of amides is 1. The molecule has 7 nitrogen and oxygen atoms in total. The Hall–Kier alpha value is -3.26. The Balaban J connectivity index is 2.04. The van der Waals surface area contributed by atoms with Crippen LogP contribution in [0.1, 0.15) is 34.1 Å². The number of carbonyl (C=O) groups excluding carboxylic acids is 3. The molecule has 2 aromatic carbocycles. The third-order valence-electron chi connectivity index (χ3n) is 4.39. The van der Waals surface area contributed by atoms with Crippen LogP contribution in [0.5, 0.6) is 5.75 Å². The molecule has 0 aliphatic carbocycles. The minimum absolute atomic E-state index is 0.0694. The second kappa shape index (κ2) is 8.83. The van der Waals surface area contributed by atoms with Crippen molar-refractivity contribution in [1.82, 2.24) is 4.57 Å². The average molecular weight is 412 g/mol. The normalized spacial score (nSPS) is 11.5. The van der Waals surface area contributed by atoms with E-state index in [1.807, 2.05) is 22.8 Å². The molecule has 150 valence electrons. The quantitative estimate of drug-likeness (QED) is 0.458. The zero-order chi connectivity index (χ0) is 21.0. The van der Waals surface area contributed by atoms with Gasteiger partial charge >= 0.3 is 5.97 Å². The fraction of sp³-hybridized carbons (Fsp3) is 0.238. The van der Waals surface area contributed by atoms with E-state index in [1.54, 1.807) is 31.4 Å². The van der Waals surface area contributed by atoms with Crippen LogP contribution in [0.3, 0.4) is 0 Å². The topological polar surface area (TPSA) is 87.0 Å². The summed E-state index contributed by atoms with van der Waals surface area (Å²) in [5.74, 6) is -0.149. The summed E-state index contributed by atoms with van der Waals surface area (Å²) >= 11 is 1.33. The number of hydrogen-bond acceptors (Lipinski definition) is 6. The number of esters is 1. The Labute approximate surface area is 171 Å². The van der Waals surface area contributed by atoms with Crippen molar-refractivity contribution >= 4 is 39.2 Å². The Kier molecular flexibility index (Phi) is 6.23. The van der Waals surface area contributed by atoms with Crippen LogP contribution < -0.4 is 9.54 Å². The van der Waals surface area contributed by atoms with Gasteiger partial charge in [-0.2, -0.15) is 4.99 Å². The molecule has 0 saturated carbocycles. The number of carbonyl (C=O) groups is 3. The number of ketones is 1. The van der Waals surface area contributed by atoms with Crippen molar-refractivity contribution < 1.29 is 23.9 Å². The van der Waals surface area contributed by atoms with Gasteiger partial charge in [-0.15, -0.1) is 0 Å². The number of thiazole rings is 1. The van der Waals surface area contributed by atoms with Crippen LogP contribution in [-0.4, -0.2) is 36.4 Å². The molecule has 1 aromatic heterocycles. The fourth-order valence-electron chi connectivity index (χ4n) is 2.79. The maximum absolute atomic E-state index is 12.7. The second-order valence-electron chi connectivity index (χ2n) is 6.25. The van der Waals surface area contributed by atoms with Crippen LogP contribution >= 0.6 is 11.3 Å². The molecule has 0 aliphatic heterocycles. The standard InChI is InChI=1S/C21H20N2O5S/c1-13(24)14-4-6-15(7-5-14)20(26)22-21-23(11-10-19(25)28-3)17-9-8-16(27-2)12-18(17)29-21/h4-9,12H,10-11H2,1-3H3. The minimum Gasteiger partial charge on any atom is -0.497 e. The van der Waals surface area contributed by atoms with Crippen LogP contribution in [0, 0.1) is 0 Å². The summed E-state index contributed by atoms with van der Waals surface area (Å²) < 4.78 is 12.7. The van der Waals surface area contributed by atoms with E-state index < -0.39 is 5.91 Å². The van der Waals surface area contributed by atoms with Gasteiger partial charge in [0.1, 0.15) is 5.75 Å². The van der Waals surface area contributed by atoms with E-state index in [1.165, 1.54) is 25.4 Å². The van der Waals surface area contributed by atoms with Gasteiger partial charge in [0.2, 0.25) is 0 Å². The molecule has 3 rings (SSSR count). The van der Waals surface area contributed by atoms with Crippen LogP contribution in [0.2, 0.25) is 0 Å². The van der Waals surface area contributed by atoms with Crippen LogP contribution in [0.25, 0.3) is 10.2 Å². The van der Waals surface area contributed by atoms with Gasteiger partial charge in [0.25, 0.3) is 5.91 Å². The number of rotatable bonds is 6. The molecule has 0 radical (unpaired) electrons. The highest BCUT2D eigenvalue weighted by Crippen LogP contribution is 2.23. The number of ether oxygens (including phenoxy) is 2. The van der Waals surface area contributed by atoms with Crippen LogP contribution in [0.15, 0.2) is 47.5 Å². The van der Waals surface area contributed by atoms with Crippen LogP contribution in [-0.2, 0) is 16.1 Å². The first-order chi connectivity index (χ1) is 13.9. The Morgan fingerprint density at radius 3 is 2.34 bits per heavy atom. The number of benzene rings is 2. The zero-order valence-corrected chi connectivity index (χ0v) is 17.1. The second-order valence-corrected chi connectivity index (χ2v) is 7.26. The lowest BCUT2D eigenvalue weighted by Gasteiger charge is -2.05. The Morgan fingerprint density at radius 1 is 1.03 bits per heavy atom. The molecule has 8 heteroatoms. The van der Waals surface area contributed by atoms with Crippen molar-refractivity contribution in [3.8, 4) is 5.75 Å². The zero-order valence-electron chi connectivity index (χ0n) is 16.3. The van der Waals surface area contributed by atoms with Crippen molar-refractivity contribution in [2.45, 2.75) is 19.9 Å². The van der Waals surface area contributed by atoms with E-state index in [-0.39, 0.29) is 18.2 Å². The number of Topliss-reactive ketones (excluding diaryl/α,β-unsaturated/α-hetero) is 1. The molecule has 1 amide bonds. The molecular formula is C21H20N2O5S. The summed E-state index contributed by atoms with van der Waals surface area (Å²) in [4.78, 5) is 40.4. The molecule has 0 aliphatic rings. The maximum Gasteiger partial charge on any atom is 0.307 e. The molecule has 0 N–H and O–H groups in total. The van der Waals surface area contributed by atoms with E-state index in [9.17, 15) is 14.4 Å². The summed E-state index contributed by atoms with van der Waals surface area (Å²) in [7, 11) is 2.92. The molecule has 0 saturated heterocycles. The van der Waals surface area contributed by atoms with Crippen molar-refractivity contribution in [3.63, 3.8) is 0 Å². The van der Waals surface area contributed by atoms with Crippen molar-refractivity contribution in [2.24, 2.45) is 4.99 Å². The number of methoxy groups -OCH3 is 2. The lowest BCUT2D eigenvalue weighted by Crippen LogP contribution is -2.19. The average Bonchev–Trinajstić information content (AvgIpc) is 3.07. The molecule has 0 unspecified atom stereocenters. The molecule has 0 spiro atoms. The molecule has 29 heavy (non-hydrogen) atoms. The molecule has 0 fully saturated rings. The highest BCUT2D eigenvalue weighted by Gasteiger charge is 2.12. The van der Waals surface area contributed by atoms with Crippen molar-refractivity contribution in [2.75, 3.05) is 14.2 Å². The first-order valence-corrected chi connectivity index (χ1v) is 9.69. The predicted molar refractivity (Wildman–Crippen MR) is 109 cm³/mol. The minimum atomic E-state index is -0.426. The molecule has 1 heterocycles. The Morgan fingerprint density at radius 2 is 1.72 bits per heavy atom. The van der Waals surface area contributed by atoms with Gasteiger partial charge < -0.3 is 14.0 Å². The first-order valence-electron chi connectivity index (χ1n) is 8.87. The van der Waals surface area contributed by atoms with Gasteiger partial charge in [-0.3, -0.25) is 14.4 Å². The molecule has 3 aromatic rings. The fourth-order valence-corrected chi connectivity index (χ4v) is 3.87. The third-order valence-corrected chi connectivity index (χ3v) is 5.43. The lowest BCUT2D eigenvalue weighted by atomic mass is 10.1. The van der Waals surface area contributed by atoms with E-state index in [0.29, 0.717) is 28.2 Å². The van der Waals surface area contributed by atoms with Gasteiger partial charge in [-0.05, 0) is 37.3 Å². The predicted octanol–water partition coefficient (Wildman–Crippen LogP) is 3.22. The van der Waals surface area contributed by atoms with E-state index >= 15 is 0 Å². The van der Waals surface area contributed by atoms with E-state index in [2.05, 4.69) is 4.99 Å². The van der Waals surface area contributed by atoms with Crippen LogP contribution in [0.4, 0.5) is 0 Å². The van der Waals surface area contributed by atoms with Gasteiger partial charge in [0.05, 0.1) is 30.9 Å². The first kappa shape index (κ1) is 20.5. The van der Waals surface area contributed by atoms with Gasteiger partial charge in [-0.1, -0.05) is 23.5 Å².